The van der Waals surface area contributed by atoms with Crippen LogP contribution in [-0.2, 0) is 0 Å². The third kappa shape index (κ3) is 2.70. The van der Waals surface area contributed by atoms with E-state index in [1.807, 2.05) is 12.1 Å². The molecular formula is C12H17N2O. The Hall–Kier alpha value is -1.06. The van der Waals surface area contributed by atoms with Gasteiger partial charge < -0.3 is 10.0 Å². The van der Waals surface area contributed by atoms with Crippen LogP contribution in [-0.4, -0.2) is 49.3 Å². The third-order valence-electron chi connectivity index (χ3n) is 2.85. The van der Waals surface area contributed by atoms with E-state index in [0.29, 0.717) is 0 Å². The molecule has 0 aliphatic carbocycles. The average molecular weight is 205 g/mol. The Morgan fingerprint density at radius 2 is 1.80 bits per heavy atom. The van der Waals surface area contributed by atoms with Crippen molar-refractivity contribution in [1.29, 1.82) is 0 Å². The van der Waals surface area contributed by atoms with Gasteiger partial charge in [0.25, 0.3) is 0 Å². The van der Waals surface area contributed by atoms with Crippen LogP contribution < -0.4 is 4.90 Å². The summed E-state index contributed by atoms with van der Waals surface area (Å²) in [6.45, 7) is 5.24. The second-order valence-corrected chi connectivity index (χ2v) is 3.81. The van der Waals surface area contributed by atoms with E-state index >= 15 is 0 Å². The fourth-order valence-electron chi connectivity index (χ4n) is 1.96. The highest BCUT2D eigenvalue weighted by Crippen LogP contribution is 2.14. The number of benzene rings is 1. The number of piperazine rings is 1. The molecule has 1 radical (unpaired) electrons. The van der Waals surface area contributed by atoms with Crippen LogP contribution >= 0.6 is 0 Å². The van der Waals surface area contributed by atoms with Crippen molar-refractivity contribution in [2.75, 3.05) is 44.2 Å². The van der Waals surface area contributed by atoms with E-state index in [1.165, 1.54) is 5.69 Å². The SMILES string of the molecule is OCCN1CCN(c2cc[c]cc2)CC1. The van der Waals surface area contributed by atoms with E-state index in [0.717, 1.165) is 32.7 Å². The molecule has 3 nitrogen and oxygen atoms in total. The van der Waals surface area contributed by atoms with Gasteiger partial charge in [-0.3, -0.25) is 4.90 Å². The first kappa shape index (κ1) is 10.5. The highest BCUT2D eigenvalue weighted by molar-refractivity contribution is 5.46. The van der Waals surface area contributed by atoms with Crippen molar-refractivity contribution in [3.05, 3.63) is 30.3 Å². The Morgan fingerprint density at radius 1 is 1.13 bits per heavy atom. The van der Waals surface area contributed by atoms with Gasteiger partial charge in [0.15, 0.2) is 0 Å². The number of aliphatic hydroxyl groups is 1. The lowest BCUT2D eigenvalue weighted by atomic mass is 10.2. The van der Waals surface area contributed by atoms with Crippen LogP contribution in [0.15, 0.2) is 24.3 Å². The van der Waals surface area contributed by atoms with Gasteiger partial charge in [-0.25, -0.2) is 0 Å². The lowest BCUT2D eigenvalue weighted by Crippen LogP contribution is -2.47. The predicted octanol–water partition coefficient (Wildman–Crippen LogP) is 0.601. The molecule has 0 atom stereocenters. The second-order valence-electron chi connectivity index (χ2n) is 3.81. The van der Waals surface area contributed by atoms with E-state index in [1.54, 1.807) is 0 Å². The normalized spacial score (nSPS) is 18.1. The fourth-order valence-corrected chi connectivity index (χ4v) is 1.96. The van der Waals surface area contributed by atoms with E-state index < -0.39 is 0 Å². The minimum absolute atomic E-state index is 0.264. The maximum absolute atomic E-state index is 8.84. The molecule has 2 rings (SSSR count). The lowest BCUT2D eigenvalue weighted by Gasteiger charge is -2.35. The zero-order chi connectivity index (χ0) is 10.5. The topological polar surface area (TPSA) is 26.7 Å². The molecule has 0 spiro atoms. The van der Waals surface area contributed by atoms with Gasteiger partial charge in [-0.15, -0.1) is 0 Å². The molecule has 0 aromatic heterocycles. The number of hydrogen-bond donors (Lipinski definition) is 1. The Morgan fingerprint density at radius 3 is 2.40 bits per heavy atom. The summed E-state index contributed by atoms with van der Waals surface area (Å²) in [5.41, 5.74) is 1.28. The molecule has 1 N–H and O–H groups in total. The van der Waals surface area contributed by atoms with Crippen molar-refractivity contribution in [1.82, 2.24) is 4.90 Å². The summed E-state index contributed by atoms with van der Waals surface area (Å²) in [4.78, 5) is 4.67. The summed E-state index contributed by atoms with van der Waals surface area (Å²) in [5.74, 6) is 0. The van der Waals surface area contributed by atoms with Crippen molar-refractivity contribution in [3.63, 3.8) is 0 Å². The number of β-amino-alcohol motifs (C(OH)–C–C–N with tert-alkyl or cyclic N) is 1. The van der Waals surface area contributed by atoms with E-state index in [4.69, 9.17) is 5.11 Å². The number of hydrogen-bond acceptors (Lipinski definition) is 3. The van der Waals surface area contributed by atoms with E-state index in [9.17, 15) is 0 Å². The maximum atomic E-state index is 8.84. The first-order valence-corrected chi connectivity index (χ1v) is 5.44. The van der Waals surface area contributed by atoms with Crippen molar-refractivity contribution in [2.45, 2.75) is 0 Å². The first-order valence-electron chi connectivity index (χ1n) is 5.44. The Balaban J connectivity index is 1.88. The van der Waals surface area contributed by atoms with Crippen molar-refractivity contribution in [2.24, 2.45) is 0 Å². The lowest BCUT2D eigenvalue weighted by molar-refractivity contribution is 0.189. The number of anilines is 1. The molecule has 1 aliphatic rings. The first-order chi connectivity index (χ1) is 7.40. The van der Waals surface area contributed by atoms with Gasteiger partial charge in [0, 0.05) is 38.4 Å². The van der Waals surface area contributed by atoms with Gasteiger partial charge >= 0.3 is 0 Å². The molecule has 3 heteroatoms. The smallest absolute Gasteiger partial charge is 0.0558 e. The molecule has 0 unspecified atom stereocenters. The molecule has 1 heterocycles. The molecule has 1 aliphatic heterocycles. The van der Waals surface area contributed by atoms with Crippen molar-refractivity contribution < 1.29 is 5.11 Å². The summed E-state index contributed by atoms with van der Waals surface area (Å²) < 4.78 is 0. The molecule has 1 aromatic rings. The van der Waals surface area contributed by atoms with E-state index in [-0.39, 0.29) is 6.61 Å². The van der Waals surface area contributed by atoms with Gasteiger partial charge in [-0.2, -0.15) is 0 Å². The summed E-state index contributed by atoms with van der Waals surface area (Å²) in [6.07, 6.45) is 0. The largest absolute Gasteiger partial charge is 0.395 e. The zero-order valence-electron chi connectivity index (χ0n) is 8.89. The molecule has 15 heavy (non-hydrogen) atoms. The molecule has 0 bridgehead atoms. The predicted molar refractivity (Wildman–Crippen MR) is 61.0 cm³/mol. The van der Waals surface area contributed by atoms with Crippen LogP contribution in [0.4, 0.5) is 5.69 Å². The highest BCUT2D eigenvalue weighted by Gasteiger charge is 2.15. The van der Waals surface area contributed by atoms with Crippen LogP contribution in [0, 0.1) is 6.07 Å². The Kier molecular flexibility index (Phi) is 3.59. The van der Waals surface area contributed by atoms with Gasteiger partial charge in [-0.1, -0.05) is 12.1 Å². The summed E-state index contributed by atoms with van der Waals surface area (Å²) in [7, 11) is 0. The van der Waals surface area contributed by atoms with Crippen LogP contribution in [0.1, 0.15) is 0 Å². The quantitative estimate of drug-likeness (QED) is 0.783. The fraction of sp³-hybridized carbons (Fsp3) is 0.500. The monoisotopic (exact) mass is 205 g/mol. The number of nitrogens with zero attached hydrogens (tertiary/aromatic N) is 2. The summed E-state index contributed by atoms with van der Waals surface area (Å²) in [5, 5.41) is 8.84. The van der Waals surface area contributed by atoms with Gasteiger partial charge in [0.2, 0.25) is 0 Å². The third-order valence-corrected chi connectivity index (χ3v) is 2.85. The van der Waals surface area contributed by atoms with Gasteiger partial charge in [-0.05, 0) is 18.2 Å². The van der Waals surface area contributed by atoms with Crippen LogP contribution in [0.25, 0.3) is 0 Å². The standard InChI is InChI=1S/C12H17N2O/c15-11-10-13-6-8-14(9-7-13)12-4-2-1-3-5-12/h2-5,15H,6-11H2. The number of aliphatic hydroxyl groups excluding tert-OH is 1. The molecule has 81 valence electrons. The Labute approximate surface area is 90.9 Å². The number of rotatable bonds is 3. The molecule has 0 saturated carbocycles. The molecule has 0 amide bonds. The van der Waals surface area contributed by atoms with Crippen molar-refractivity contribution >= 4 is 5.69 Å². The van der Waals surface area contributed by atoms with E-state index in [2.05, 4.69) is 28.0 Å². The van der Waals surface area contributed by atoms with Gasteiger partial charge in [0.1, 0.15) is 0 Å². The van der Waals surface area contributed by atoms with Crippen LogP contribution in [0.5, 0.6) is 0 Å². The summed E-state index contributed by atoms with van der Waals surface area (Å²) >= 11 is 0. The average Bonchev–Trinajstić information content (AvgIpc) is 2.32. The molecule has 1 aromatic carbocycles. The van der Waals surface area contributed by atoms with Crippen LogP contribution in [0.2, 0.25) is 0 Å². The maximum Gasteiger partial charge on any atom is 0.0558 e. The molecule has 1 saturated heterocycles. The molecule has 1 fully saturated rings. The minimum atomic E-state index is 0.264. The highest BCUT2D eigenvalue weighted by atomic mass is 16.3. The summed E-state index contributed by atoms with van der Waals surface area (Å²) in [6, 6.07) is 11.1. The zero-order valence-corrected chi connectivity index (χ0v) is 8.89. The second kappa shape index (κ2) is 5.14. The Bertz CT molecular complexity index is 281. The van der Waals surface area contributed by atoms with Crippen LogP contribution in [0.3, 0.4) is 0 Å². The van der Waals surface area contributed by atoms with Crippen molar-refractivity contribution in [3.8, 4) is 0 Å². The molecular weight excluding hydrogens is 188 g/mol. The minimum Gasteiger partial charge on any atom is -0.395 e. The van der Waals surface area contributed by atoms with Gasteiger partial charge in [0.05, 0.1) is 6.61 Å².